The van der Waals surface area contributed by atoms with E-state index in [1.165, 1.54) is 23.1 Å². The van der Waals surface area contributed by atoms with Gasteiger partial charge in [0.2, 0.25) is 11.0 Å². The van der Waals surface area contributed by atoms with E-state index in [0.29, 0.717) is 38.7 Å². The second-order valence-electron chi connectivity index (χ2n) is 6.52. The van der Waals surface area contributed by atoms with Crippen LogP contribution in [0.3, 0.4) is 0 Å². The lowest BCUT2D eigenvalue weighted by atomic mass is 10.2. The predicted molar refractivity (Wildman–Crippen MR) is 130 cm³/mol. The highest BCUT2D eigenvalue weighted by Crippen LogP contribution is 2.29. The second kappa shape index (κ2) is 11.3. The molecule has 0 aliphatic heterocycles. The van der Waals surface area contributed by atoms with Gasteiger partial charge < -0.3 is 20.7 Å². The molecule has 1 heterocycles. The highest BCUT2D eigenvalue weighted by molar-refractivity contribution is 8.02. The molecule has 3 N–H and O–H groups in total. The Balaban J connectivity index is 1.55. The van der Waals surface area contributed by atoms with Gasteiger partial charge in [-0.05, 0) is 43.3 Å². The number of hydrogen-bond donors (Lipinski definition) is 3. The topological polar surface area (TPSA) is 105 Å². The standard InChI is InChI=1S/C22H23N5O3S2/c1-4-13-23-21-26-27-22(32-21)31-14(2)19(28)24-16-11-9-15(10-12-16)20(29)25-17-7-5-6-8-18(17)30-3/h4-12,14H,1,13H2,2-3H3,(H,23,26)(H,24,28)(H,25,29). The van der Waals surface area contributed by atoms with Gasteiger partial charge in [0, 0.05) is 17.8 Å². The summed E-state index contributed by atoms with van der Waals surface area (Å²) < 4.78 is 5.95. The SMILES string of the molecule is C=CCNc1nnc(SC(C)C(=O)Nc2ccc(C(=O)Nc3ccccc3OC)cc2)s1. The Morgan fingerprint density at radius 3 is 2.62 bits per heavy atom. The molecule has 32 heavy (non-hydrogen) atoms. The molecule has 2 aromatic carbocycles. The van der Waals surface area contributed by atoms with E-state index >= 15 is 0 Å². The summed E-state index contributed by atoms with van der Waals surface area (Å²) in [6.07, 6.45) is 1.73. The summed E-state index contributed by atoms with van der Waals surface area (Å²) in [5, 5.41) is 17.2. The number of carbonyl (C=O) groups excluding carboxylic acids is 2. The first-order valence-corrected chi connectivity index (χ1v) is 11.4. The van der Waals surface area contributed by atoms with E-state index in [4.69, 9.17) is 4.74 Å². The van der Waals surface area contributed by atoms with Crippen molar-refractivity contribution in [3.63, 3.8) is 0 Å². The number of carbonyl (C=O) groups is 2. The minimum Gasteiger partial charge on any atom is -0.495 e. The van der Waals surface area contributed by atoms with Crippen molar-refractivity contribution in [1.29, 1.82) is 0 Å². The molecule has 8 nitrogen and oxygen atoms in total. The summed E-state index contributed by atoms with van der Waals surface area (Å²) in [7, 11) is 1.55. The van der Waals surface area contributed by atoms with Crippen LogP contribution in [0, 0.1) is 0 Å². The predicted octanol–water partition coefficient (Wildman–Crippen LogP) is 4.52. The minimum atomic E-state index is -0.372. The van der Waals surface area contributed by atoms with E-state index in [9.17, 15) is 9.59 Å². The monoisotopic (exact) mass is 469 g/mol. The van der Waals surface area contributed by atoms with Crippen molar-refractivity contribution in [2.24, 2.45) is 0 Å². The van der Waals surface area contributed by atoms with E-state index in [1.54, 1.807) is 56.5 Å². The van der Waals surface area contributed by atoms with Gasteiger partial charge in [-0.3, -0.25) is 9.59 Å². The quantitative estimate of drug-likeness (QED) is 0.296. The van der Waals surface area contributed by atoms with Crippen molar-refractivity contribution in [2.45, 2.75) is 16.5 Å². The maximum absolute atomic E-state index is 12.5. The molecule has 0 aliphatic carbocycles. The zero-order valence-corrected chi connectivity index (χ0v) is 19.3. The van der Waals surface area contributed by atoms with Gasteiger partial charge in [0.15, 0.2) is 4.34 Å². The zero-order chi connectivity index (χ0) is 22.9. The number of nitrogens with zero attached hydrogens (tertiary/aromatic N) is 2. The Morgan fingerprint density at radius 1 is 1.16 bits per heavy atom. The molecule has 0 bridgehead atoms. The fourth-order valence-corrected chi connectivity index (χ4v) is 4.49. The van der Waals surface area contributed by atoms with Crippen LogP contribution in [0.1, 0.15) is 17.3 Å². The largest absolute Gasteiger partial charge is 0.495 e. The lowest BCUT2D eigenvalue weighted by molar-refractivity contribution is -0.115. The Kier molecular flexibility index (Phi) is 8.23. The first-order valence-electron chi connectivity index (χ1n) is 9.70. The first-order chi connectivity index (χ1) is 15.5. The van der Waals surface area contributed by atoms with Crippen molar-refractivity contribution < 1.29 is 14.3 Å². The van der Waals surface area contributed by atoms with E-state index in [0.717, 1.165) is 0 Å². The molecule has 1 unspecified atom stereocenters. The number of ether oxygens (including phenoxy) is 1. The normalized spacial score (nSPS) is 11.3. The number of para-hydroxylation sites is 2. The van der Waals surface area contributed by atoms with Crippen molar-refractivity contribution in [2.75, 3.05) is 29.6 Å². The van der Waals surface area contributed by atoms with Crippen LogP contribution in [-0.4, -0.2) is 40.9 Å². The Bertz CT molecular complexity index is 1090. The van der Waals surface area contributed by atoms with Crippen LogP contribution in [-0.2, 0) is 4.79 Å². The lowest BCUT2D eigenvalue weighted by Crippen LogP contribution is -2.22. The summed E-state index contributed by atoms with van der Waals surface area (Å²) in [6.45, 7) is 6.04. The number of thioether (sulfide) groups is 1. The van der Waals surface area contributed by atoms with Gasteiger partial charge in [-0.1, -0.05) is 41.3 Å². The first kappa shape index (κ1) is 23.3. The summed E-state index contributed by atoms with van der Waals surface area (Å²) in [6, 6.07) is 13.9. The summed E-state index contributed by atoms with van der Waals surface area (Å²) in [4.78, 5) is 25.0. The number of anilines is 3. The maximum atomic E-state index is 12.5. The molecular formula is C22H23N5O3S2. The van der Waals surface area contributed by atoms with Crippen LogP contribution in [0.2, 0.25) is 0 Å². The summed E-state index contributed by atoms with van der Waals surface area (Å²) in [5.74, 6) is 0.140. The Hall–Kier alpha value is -3.37. The van der Waals surface area contributed by atoms with Crippen LogP contribution < -0.4 is 20.7 Å². The summed E-state index contributed by atoms with van der Waals surface area (Å²) in [5.41, 5.74) is 1.65. The van der Waals surface area contributed by atoms with Gasteiger partial charge in [0.25, 0.3) is 5.91 Å². The number of aromatic nitrogens is 2. The molecule has 0 saturated carbocycles. The van der Waals surface area contributed by atoms with E-state index in [2.05, 4.69) is 32.7 Å². The number of methoxy groups -OCH3 is 1. The molecule has 3 aromatic rings. The van der Waals surface area contributed by atoms with Crippen molar-refractivity contribution in [3.05, 3.63) is 66.7 Å². The molecule has 10 heteroatoms. The molecule has 0 radical (unpaired) electrons. The van der Waals surface area contributed by atoms with Crippen LogP contribution in [0.5, 0.6) is 5.75 Å². The fourth-order valence-electron chi connectivity index (χ4n) is 2.58. The molecule has 0 aliphatic rings. The molecule has 0 saturated heterocycles. The van der Waals surface area contributed by atoms with E-state index in [-0.39, 0.29) is 17.1 Å². The third-order valence-corrected chi connectivity index (χ3v) is 6.29. The number of rotatable bonds is 10. The number of hydrogen-bond acceptors (Lipinski definition) is 8. The zero-order valence-electron chi connectivity index (χ0n) is 17.6. The van der Waals surface area contributed by atoms with Gasteiger partial charge in [-0.2, -0.15) is 0 Å². The average molecular weight is 470 g/mol. The van der Waals surface area contributed by atoms with E-state index < -0.39 is 0 Å². The molecule has 0 fully saturated rings. The van der Waals surface area contributed by atoms with Crippen molar-refractivity contribution >= 4 is 51.4 Å². The third-order valence-electron chi connectivity index (χ3n) is 4.22. The van der Waals surface area contributed by atoms with Gasteiger partial charge in [0.05, 0.1) is 18.0 Å². The molecule has 3 rings (SSSR count). The molecular weight excluding hydrogens is 446 g/mol. The van der Waals surface area contributed by atoms with Crippen LogP contribution in [0.15, 0.2) is 65.5 Å². The van der Waals surface area contributed by atoms with Gasteiger partial charge in [-0.25, -0.2) is 0 Å². The smallest absolute Gasteiger partial charge is 0.255 e. The molecule has 1 atom stereocenters. The summed E-state index contributed by atoms with van der Waals surface area (Å²) >= 11 is 2.71. The number of benzene rings is 2. The molecule has 0 spiro atoms. The van der Waals surface area contributed by atoms with Crippen LogP contribution >= 0.6 is 23.1 Å². The molecule has 1 aromatic heterocycles. The number of nitrogens with one attached hydrogen (secondary N) is 3. The van der Waals surface area contributed by atoms with Gasteiger partial charge in [-0.15, -0.1) is 16.8 Å². The van der Waals surface area contributed by atoms with E-state index in [1.807, 2.05) is 12.1 Å². The Morgan fingerprint density at radius 2 is 1.91 bits per heavy atom. The van der Waals surface area contributed by atoms with Gasteiger partial charge >= 0.3 is 0 Å². The van der Waals surface area contributed by atoms with Gasteiger partial charge in [0.1, 0.15) is 5.75 Å². The average Bonchev–Trinajstić information content (AvgIpc) is 3.25. The molecule has 166 valence electrons. The fraction of sp³-hybridized carbons (Fsp3) is 0.182. The number of amides is 2. The molecule has 2 amide bonds. The maximum Gasteiger partial charge on any atom is 0.255 e. The second-order valence-corrected chi connectivity index (χ2v) is 9.09. The van der Waals surface area contributed by atoms with Crippen LogP contribution in [0.25, 0.3) is 0 Å². The highest BCUT2D eigenvalue weighted by Gasteiger charge is 2.18. The third kappa shape index (κ3) is 6.32. The minimum absolute atomic E-state index is 0.169. The van der Waals surface area contributed by atoms with Crippen LogP contribution in [0.4, 0.5) is 16.5 Å². The Labute approximate surface area is 194 Å². The lowest BCUT2D eigenvalue weighted by Gasteiger charge is -2.12. The highest BCUT2D eigenvalue weighted by atomic mass is 32.2. The van der Waals surface area contributed by atoms with Crippen molar-refractivity contribution in [1.82, 2.24) is 10.2 Å². The van der Waals surface area contributed by atoms with Crippen molar-refractivity contribution in [3.8, 4) is 5.75 Å².